The number of carbonyl (C=O) groups excluding carboxylic acids is 1. The van der Waals surface area contributed by atoms with Crippen LogP contribution in [-0.4, -0.2) is 23.1 Å². The highest BCUT2D eigenvalue weighted by molar-refractivity contribution is 6.31. The minimum atomic E-state index is -0.822. The largest absolute Gasteiger partial charge is 0.448 e. The van der Waals surface area contributed by atoms with Crippen LogP contribution < -0.4 is 5.76 Å². The van der Waals surface area contributed by atoms with Crippen LogP contribution in [0.2, 0.25) is 5.02 Å². The number of halogens is 2. The summed E-state index contributed by atoms with van der Waals surface area (Å²) in [4.78, 5) is 23.0. The van der Waals surface area contributed by atoms with Crippen molar-refractivity contribution in [2.75, 3.05) is 12.5 Å². The van der Waals surface area contributed by atoms with Crippen LogP contribution in [0, 0.1) is 0 Å². The number of rotatable bonds is 2. The molecule has 1 heterocycles. The summed E-state index contributed by atoms with van der Waals surface area (Å²) in [5, 5.41) is 0.410. The van der Waals surface area contributed by atoms with Crippen molar-refractivity contribution in [1.82, 2.24) is 4.57 Å². The summed E-state index contributed by atoms with van der Waals surface area (Å²) in [7, 11) is 0. The van der Waals surface area contributed by atoms with Gasteiger partial charge < -0.3 is 9.15 Å². The number of hydrogen-bond acceptors (Lipinski definition) is 4. The van der Waals surface area contributed by atoms with E-state index in [-0.39, 0.29) is 18.1 Å². The second-order valence-corrected chi connectivity index (χ2v) is 3.93. The lowest BCUT2D eigenvalue weighted by atomic mass is 10.3. The molecule has 2 rings (SSSR count). The zero-order chi connectivity index (χ0) is 12.4. The molecule has 0 fully saturated rings. The van der Waals surface area contributed by atoms with Crippen LogP contribution in [0.15, 0.2) is 27.4 Å². The molecule has 2 aromatic rings. The van der Waals surface area contributed by atoms with Crippen molar-refractivity contribution in [3.05, 3.63) is 33.8 Å². The van der Waals surface area contributed by atoms with Gasteiger partial charge in [-0.25, -0.2) is 9.59 Å². The molecule has 0 radical (unpaired) electrons. The predicted molar refractivity (Wildman–Crippen MR) is 63.0 cm³/mol. The van der Waals surface area contributed by atoms with Crippen molar-refractivity contribution in [2.45, 2.75) is 0 Å². The summed E-state index contributed by atoms with van der Waals surface area (Å²) in [5.41, 5.74) is 0.532. The normalized spacial score (nSPS) is 10.7. The zero-order valence-corrected chi connectivity index (χ0v) is 9.99. The third kappa shape index (κ3) is 2.30. The SMILES string of the molecule is O=C(OCCCl)n1c(=O)oc2cc(Cl)ccc21. The Morgan fingerprint density at radius 1 is 1.47 bits per heavy atom. The number of alkyl halides is 1. The van der Waals surface area contributed by atoms with Crippen LogP contribution in [-0.2, 0) is 4.74 Å². The molecule has 1 aromatic heterocycles. The van der Waals surface area contributed by atoms with Crippen molar-refractivity contribution >= 4 is 40.4 Å². The van der Waals surface area contributed by atoms with Crippen molar-refractivity contribution in [3.8, 4) is 0 Å². The molecule has 0 bridgehead atoms. The number of ether oxygens (including phenoxy) is 1. The fraction of sp³-hybridized carbons (Fsp3) is 0.200. The van der Waals surface area contributed by atoms with Gasteiger partial charge in [-0.1, -0.05) is 11.6 Å². The molecule has 0 spiro atoms. The number of oxazole rings is 1. The molecule has 0 atom stereocenters. The molecule has 0 aliphatic rings. The Morgan fingerprint density at radius 2 is 2.24 bits per heavy atom. The lowest BCUT2D eigenvalue weighted by Gasteiger charge is -2.01. The first-order valence-corrected chi connectivity index (χ1v) is 5.59. The highest BCUT2D eigenvalue weighted by Gasteiger charge is 2.17. The van der Waals surface area contributed by atoms with Gasteiger partial charge in [-0.15, -0.1) is 11.6 Å². The lowest BCUT2D eigenvalue weighted by Crippen LogP contribution is -2.24. The molecule has 17 heavy (non-hydrogen) atoms. The van der Waals surface area contributed by atoms with Gasteiger partial charge in [-0.2, -0.15) is 4.57 Å². The van der Waals surface area contributed by atoms with Crippen LogP contribution >= 0.6 is 23.2 Å². The molecule has 0 aliphatic carbocycles. The molecule has 1 aromatic carbocycles. The second-order valence-electron chi connectivity index (χ2n) is 3.12. The van der Waals surface area contributed by atoms with Crippen LogP contribution in [0.3, 0.4) is 0 Å². The Kier molecular flexibility index (Phi) is 3.40. The third-order valence-electron chi connectivity index (χ3n) is 2.03. The van der Waals surface area contributed by atoms with Gasteiger partial charge in [0.1, 0.15) is 12.1 Å². The average molecular weight is 276 g/mol. The smallest absolute Gasteiger partial charge is 0.429 e. The van der Waals surface area contributed by atoms with Crippen molar-refractivity contribution in [3.63, 3.8) is 0 Å². The van der Waals surface area contributed by atoms with E-state index in [0.29, 0.717) is 10.5 Å². The Hall–Kier alpha value is -1.46. The van der Waals surface area contributed by atoms with Crippen LogP contribution in [0.25, 0.3) is 11.1 Å². The fourth-order valence-electron chi connectivity index (χ4n) is 1.36. The van der Waals surface area contributed by atoms with E-state index >= 15 is 0 Å². The highest BCUT2D eigenvalue weighted by atomic mass is 35.5. The molecule has 0 aliphatic heterocycles. The van der Waals surface area contributed by atoms with E-state index in [4.69, 9.17) is 32.4 Å². The van der Waals surface area contributed by atoms with Gasteiger partial charge in [0.2, 0.25) is 0 Å². The van der Waals surface area contributed by atoms with E-state index < -0.39 is 11.8 Å². The molecule has 7 heteroatoms. The quantitative estimate of drug-likeness (QED) is 0.790. The first kappa shape index (κ1) is 12.0. The molecule has 0 saturated carbocycles. The lowest BCUT2D eigenvalue weighted by molar-refractivity contribution is 0.153. The summed E-state index contributed by atoms with van der Waals surface area (Å²) in [6.45, 7) is 0.0209. The summed E-state index contributed by atoms with van der Waals surface area (Å²) in [6.07, 6.45) is -0.822. The molecular weight excluding hydrogens is 269 g/mol. The van der Waals surface area contributed by atoms with Gasteiger partial charge in [0.15, 0.2) is 5.58 Å². The molecule has 5 nitrogen and oxygen atoms in total. The zero-order valence-electron chi connectivity index (χ0n) is 8.48. The molecular formula is C10H7Cl2NO4. The molecule has 0 amide bonds. The van der Waals surface area contributed by atoms with E-state index in [9.17, 15) is 9.59 Å². The van der Waals surface area contributed by atoms with Crippen molar-refractivity contribution in [2.24, 2.45) is 0 Å². The second kappa shape index (κ2) is 4.81. The fourth-order valence-corrected chi connectivity index (χ4v) is 1.60. The minimum Gasteiger partial charge on any atom is -0.448 e. The van der Waals surface area contributed by atoms with Crippen molar-refractivity contribution < 1.29 is 13.9 Å². The summed E-state index contributed by atoms with van der Waals surface area (Å²) < 4.78 is 10.4. The van der Waals surface area contributed by atoms with Crippen molar-refractivity contribution in [1.29, 1.82) is 0 Å². The van der Waals surface area contributed by atoms with E-state index in [1.54, 1.807) is 6.07 Å². The van der Waals surface area contributed by atoms with Gasteiger partial charge in [0, 0.05) is 11.1 Å². The van der Waals surface area contributed by atoms with Gasteiger partial charge in [-0.3, -0.25) is 0 Å². The van der Waals surface area contributed by atoms with Gasteiger partial charge >= 0.3 is 11.8 Å². The van der Waals surface area contributed by atoms with Crippen LogP contribution in [0.5, 0.6) is 0 Å². The third-order valence-corrected chi connectivity index (χ3v) is 2.42. The summed E-state index contributed by atoms with van der Waals surface area (Å²) in [5.74, 6) is -0.663. The predicted octanol–water partition coefficient (Wildman–Crippen LogP) is 2.47. The maximum Gasteiger partial charge on any atom is 0.429 e. The standard InChI is InChI=1S/C10H7Cl2NO4/c11-3-4-16-9(14)13-7-2-1-6(12)5-8(7)17-10(13)15/h1-2,5H,3-4H2. The molecule has 0 unspecified atom stereocenters. The first-order chi connectivity index (χ1) is 8.13. The van der Waals surface area contributed by atoms with E-state index in [1.165, 1.54) is 12.1 Å². The first-order valence-electron chi connectivity index (χ1n) is 4.67. The minimum absolute atomic E-state index is 0.0209. The van der Waals surface area contributed by atoms with Crippen LogP contribution in [0.4, 0.5) is 4.79 Å². The maximum absolute atomic E-state index is 11.6. The number of hydrogen-bond donors (Lipinski definition) is 0. The van der Waals surface area contributed by atoms with E-state index in [1.807, 2.05) is 0 Å². The summed E-state index contributed by atoms with van der Waals surface area (Å²) in [6, 6.07) is 4.50. The molecule has 0 saturated heterocycles. The van der Waals surface area contributed by atoms with Gasteiger partial charge in [-0.05, 0) is 12.1 Å². The van der Waals surface area contributed by atoms with E-state index in [2.05, 4.69) is 0 Å². The number of nitrogens with zero attached hydrogens (tertiary/aromatic N) is 1. The summed E-state index contributed by atoms with van der Waals surface area (Å²) >= 11 is 11.1. The Balaban J connectivity index is 2.50. The Bertz CT molecular complexity index is 616. The molecule has 0 N–H and O–H groups in total. The number of carbonyl (C=O) groups is 1. The van der Waals surface area contributed by atoms with Gasteiger partial charge in [0.05, 0.1) is 5.88 Å². The van der Waals surface area contributed by atoms with Gasteiger partial charge in [0.25, 0.3) is 0 Å². The number of benzene rings is 1. The molecule has 90 valence electrons. The monoisotopic (exact) mass is 275 g/mol. The number of fused-ring (bicyclic) bond motifs is 1. The van der Waals surface area contributed by atoms with Crippen LogP contribution in [0.1, 0.15) is 0 Å². The average Bonchev–Trinajstić information content (AvgIpc) is 2.61. The Labute approximate surface area is 105 Å². The Morgan fingerprint density at radius 3 is 2.94 bits per heavy atom. The maximum atomic E-state index is 11.6. The van der Waals surface area contributed by atoms with E-state index in [0.717, 1.165) is 4.57 Å². The number of aromatic nitrogens is 1. The highest BCUT2D eigenvalue weighted by Crippen LogP contribution is 2.18. The topological polar surface area (TPSA) is 61.4 Å².